The van der Waals surface area contributed by atoms with Gasteiger partial charge in [-0.15, -0.1) is 12.4 Å². The lowest BCUT2D eigenvalue weighted by molar-refractivity contribution is 0.173. The maximum atomic E-state index is 12.8. The van der Waals surface area contributed by atoms with Crippen molar-refractivity contribution in [3.05, 3.63) is 41.7 Å². The summed E-state index contributed by atoms with van der Waals surface area (Å²) in [7, 11) is 0. The molecule has 2 heterocycles. The normalized spacial score (nSPS) is 23.8. The summed E-state index contributed by atoms with van der Waals surface area (Å²) in [4.78, 5) is 5.13. The van der Waals surface area contributed by atoms with Gasteiger partial charge < -0.3 is 5.32 Å². The minimum atomic E-state index is -0.175. The average Bonchev–Trinajstić information content (AvgIpc) is 2.99. The van der Waals surface area contributed by atoms with Crippen molar-refractivity contribution in [1.82, 2.24) is 15.1 Å². The Morgan fingerprint density at radius 3 is 2.59 bits per heavy atom. The molecule has 0 aromatic heterocycles. The van der Waals surface area contributed by atoms with Gasteiger partial charge in [-0.25, -0.2) is 4.39 Å². The van der Waals surface area contributed by atoms with Crippen LogP contribution in [0.4, 0.5) is 4.39 Å². The van der Waals surface area contributed by atoms with Crippen molar-refractivity contribution in [2.45, 2.75) is 12.5 Å². The van der Waals surface area contributed by atoms with Gasteiger partial charge in [0.1, 0.15) is 5.82 Å². The van der Waals surface area contributed by atoms with Crippen LogP contribution in [0.2, 0.25) is 0 Å². The molecule has 22 heavy (non-hydrogen) atoms. The van der Waals surface area contributed by atoms with E-state index in [0.717, 1.165) is 31.2 Å². The number of likely N-dealkylation sites (tertiary alicyclic amines) is 1. The van der Waals surface area contributed by atoms with Crippen LogP contribution in [-0.4, -0.2) is 61.7 Å². The lowest BCUT2D eigenvalue weighted by Gasteiger charge is -2.32. The number of nitrogens with one attached hydrogen (secondary N) is 1. The third kappa shape index (κ3) is 4.78. The molecule has 1 atom stereocenters. The highest BCUT2D eigenvalue weighted by atomic mass is 35.5. The highest BCUT2D eigenvalue weighted by Crippen LogP contribution is 2.16. The maximum Gasteiger partial charge on any atom is 0.123 e. The second-order valence-corrected chi connectivity index (χ2v) is 5.94. The molecule has 2 saturated heterocycles. The molecule has 0 amide bonds. The SMILES string of the molecule is Cl.Fc1ccc(/C=C/CN2CCC(N3CCNCC3)C2)cc1. The fourth-order valence-electron chi connectivity index (χ4n) is 3.24. The first-order valence-electron chi connectivity index (χ1n) is 7.90. The van der Waals surface area contributed by atoms with Crippen molar-refractivity contribution >= 4 is 18.5 Å². The Morgan fingerprint density at radius 2 is 1.86 bits per heavy atom. The van der Waals surface area contributed by atoms with E-state index >= 15 is 0 Å². The third-order valence-corrected chi connectivity index (χ3v) is 4.46. The summed E-state index contributed by atoms with van der Waals surface area (Å²) in [5.74, 6) is -0.175. The smallest absolute Gasteiger partial charge is 0.123 e. The molecular formula is C17H25ClFN3. The molecule has 1 aromatic rings. The van der Waals surface area contributed by atoms with Crippen LogP contribution < -0.4 is 5.32 Å². The van der Waals surface area contributed by atoms with Crippen LogP contribution in [0.1, 0.15) is 12.0 Å². The summed E-state index contributed by atoms with van der Waals surface area (Å²) in [5, 5.41) is 3.41. The highest BCUT2D eigenvalue weighted by molar-refractivity contribution is 5.85. The van der Waals surface area contributed by atoms with Gasteiger partial charge in [0.25, 0.3) is 0 Å². The summed E-state index contributed by atoms with van der Waals surface area (Å²) in [6.07, 6.45) is 5.55. The van der Waals surface area contributed by atoms with Crippen molar-refractivity contribution in [3.63, 3.8) is 0 Å². The lowest BCUT2D eigenvalue weighted by Crippen LogP contribution is -2.49. The highest BCUT2D eigenvalue weighted by Gasteiger charge is 2.27. The van der Waals surface area contributed by atoms with Crippen molar-refractivity contribution in [2.24, 2.45) is 0 Å². The predicted octanol–water partition coefficient (Wildman–Crippen LogP) is 2.24. The zero-order chi connectivity index (χ0) is 14.5. The molecular weight excluding hydrogens is 301 g/mol. The Labute approximate surface area is 138 Å². The zero-order valence-corrected chi connectivity index (χ0v) is 13.7. The average molecular weight is 326 g/mol. The van der Waals surface area contributed by atoms with Gasteiger partial charge in [0.2, 0.25) is 0 Å². The summed E-state index contributed by atoms with van der Waals surface area (Å²) < 4.78 is 12.8. The second kappa shape index (κ2) is 8.63. The molecule has 2 aliphatic heterocycles. The maximum absolute atomic E-state index is 12.8. The van der Waals surface area contributed by atoms with Crippen LogP contribution in [-0.2, 0) is 0 Å². The number of hydrogen-bond donors (Lipinski definition) is 1. The lowest BCUT2D eigenvalue weighted by atomic mass is 10.2. The van der Waals surface area contributed by atoms with Gasteiger partial charge in [0.05, 0.1) is 0 Å². The summed E-state index contributed by atoms with van der Waals surface area (Å²) >= 11 is 0. The summed E-state index contributed by atoms with van der Waals surface area (Å²) in [6, 6.07) is 7.39. The van der Waals surface area contributed by atoms with E-state index < -0.39 is 0 Å². The molecule has 5 heteroatoms. The van der Waals surface area contributed by atoms with E-state index in [9.17, 15) is 4.39 Å². The van der Waals surface area contributed by atoms with Crippen LogP contribution in [0.25, 0.3) is 6.08 Å². The number of rotatable bonds is 4. The molecule has 0 saturated carbocycles. The molecule has 0 aliphatic carbocycles. The van der Waals surface area contributed by atoms with Crippen LogP contribution in [0.5, 0.6) is 0 Å². The third-order valence-electron chi connectivity index (χ3n) is 4.46. The largest absolute Gasteiger partial charge is 0.314 e. The topological polar surface area (TPSA) is 18.5 Å². The van der Waals surface area contributed by atoms with E-state index in [-0.39, 0.29) is 18.2 Å². The molecule has 122 valence electrons. The first-order valence-corrected chi connectivity index (χ1v) is 7.90. The zero-order valence-electron chi connectivity index (χ0n) is 12.9. The van der Waals surface area contributed by atoms with Crippen LogP contribution in [0.15, 0.2) is 30.3 Å². The van der Waals surface area contributed by atoms with Crippen molar-refractivity contribution < 1.29 is 4.39 Å². The minimum Gasteiger partial charge on any atom is -0.314 e. The number of piperazine rings is 1. The van der Waals surface area contributed by atoms with Crippen LogP contribution in [0, 0.1) is 5.82 Å². The van der Waals surface area contributed by atoms with E-state index in [1.165, 1.54) is 44.7 Å². The van der Waals surface area contributed by atoms with Crippen LogP contribution >= 0.6 is 12.4 Å². The number of nitrogens with zero attached hydrogens (tertiary/aromatic N) is 2. The van der Waals surface area contributed by atoms with Gasteiger partial charge in [-0.3, -0.25) is 9.80 Å². The molecule has 0 spiro atoms. The number of hydrogen-bond acceptors (Lipinski definition) is 3. The van der Waals surface area contributed by atoms with Crippen LogP contribution in [0.3, 0.4) is 0 Å². The van der Waals surface area contributed by atoms with Gasteiger partial charge in [-0.05, 0) is 24.1 Å². The van der Waals surface area contributed by atoms with E-state index in [1.54, 1.807) is 0 Å². The second-order valence-electron chi connectivity index (χ2n) is 5.94. The van der Waals surface area contributed by atoms with Gasteiger partial charge in [-0.2, -0.15) is 0 Å². The fourth-order valence-corrected chi connectivity index (χ4v) is 3.24. The van der Waals surface area contributed by atoms with Gasteiger partial charge in [0.15, 0.2) is 0 Å². The summed E-state index contributed by atoms with van der Waals surface area (Å²) in [5.41, 5.74) is 1.06. The molecule has 0 radical (unpaired) electrons. The summed E-state index contributed by atoms with van der Waals surface area (Å²) in [6.45, 7) is 7.96. The Kier molecular flexibility index (Phi) is 6.83. The predicted molar refractivity (Wildman–Crippen MR) is 92.0 cm³/mol. The van der Waals surface area contributed by atoms with E-state index in [0.29, 0.717) is 0 Å². The Bertz CT molecular complexity index is 471. The van der Waals surface area contributed by atoms with Gasteiger partial charge in [0, 0.05) is 51.9 Å². The Hall–Kier alpha value is -0.940. The molecule has 1 N–H and O–H groups in total. The fraction of sp³-hybridized carbons (Fsp3) is 0.529. The number of benzene rings is 1. The molecule has 2 fully saturated rings. The molecule has 3 nitrogen and oxygen atoms in total. The first-order chi connectivity index (χ1) is 10.3. The Morgan fingerprint density at radius 1 is 1.14 bits per heavy atom. The van der Waals surface area contributed by atoms with E-state index in [2.05, 4.69) is 27.3 Å². The van der Waals surface area contributed by atoms with E-state index in [4.69, 9.17) is 0 Å². The first kappa shape index (κ1) is 17.4. The monoisotopic (exact) mass is 325 g/mol. The van der Waals surface area contributed by atoms with Gasteiger partial charge >= 0.3 is 0 Å². The molecule has 3 rings (SSSR count). The molecule has 1 aromatic carbocycles. The molecule has 0 bridgehead atoms. The standard InChI is InChI=1S/C17H24FN3.ClH/c18-16-5-3-15(4-6-16)2-1-10-20-11-7-17(14-20)21-12-8-19-9-13-21;/h1-6,17,19H,7-14H2;1H/b2-1+;. The van der Waals surface area contributed by atoms with Crippen molar-refractivity contribution in [1.29, 1.82) is 0 Å². The van der Waals surface area contributed by atoms with Gasteiger partial charge in [-0.1, -0.05) is 24.3 Å². The van der Waals surface area contributed by atoms with E-state index in [1.807, 2.05) is 12.1 Å². The molecule has 2 aliphatic rings. The number of halogens is 2. The minimum absolute atomic E-state index is 0. The quantitative estimate of drug-likeness (QED) is 0.916. The Balaban J connectivity index is 0.00000176. The van der Waals surface area contributed by atoms with Crippen molar-refractivity contribution in [3.8, 4) is 0 Å². The van der Waals surface area contributed by atoms with Crippen molar-refractivity contribution in [2.75, 3.05) is 45.8 Å². The molecule has 1 unspecified atom stereocenters.